The maximum atomic E-state index is 4.01. The van der Waals surface area contributed by atoms with Gasteiger partial charge in [-0.15, -0.1) is 0 Å². The Balaban J connectivity index is 1.89. The Morgan fingerprint density at radius 3 is 2.21 bits per heavy atom. The van der Waals surface area contributed by atoms with Crippen molar-refractivity contribution in [2.75, 3.05) is 0 Å². The van der Waals surface area contributed by atoms with Gasteiger partial charge in [0.1, 0.15) is 0 Å². The predicted octanol–water partition coefficient (Wildman–Crippen LogP) is 7.88. The molecule has 4 aromatic carbocycles. The summed E-state index contributed by atoms with van der Waals surface area (Å²) in [5, 5.41) is 2.64. The van der Waals surface area contributed by atoms with Gasteiger partial charge in [-0.05, 0) is 70.0 Å². The molecule has 0 aliphatic carbocycles. The summed E-state index contributed by atoms with van der Waals surface area (Å²) in [6.45, 7) is 6.08. The van der Waals surface area contributed by atoms with Crippen molar-refractivity contribution in [3.63, 3.8) is 0 Å². The minimum Gasteiger partial charge on any atom is -0.0985 e. The summed E-state index contributed by atoms with van der Waals surface area (Å²) >= 11 is 0. The van der Waals surface area contributed by atoms with E-state index in [1.807, 2.05) is 6.08 Å². The minimum absolute atomic E-state index is 1.01. The second-order valence-corrected chi connectivity index (χ2v) is 7.34. The summed E-state index contributed by atoms with van der Waals surface area (Å²) in [5.41, 5.74) is 7.75. The first kappa shape index (κ1) is 19.0. The van der Waals surface area contributed by atoms with Gasteiger partial charge in [-0.2, -0.15) is 0 Å². The Kier molecular flexibility index (Phi) is 5.72. The van der Waals surface area contributed by atoms with Crippen LogP contribution in [0, 0.1) is 0 Å². The standard InChI is InChI=1S/C29H26/c1-3-23(4-2)27-20-25-16-11-17-28(24-14-9-6-10-15-24)29(25)26(21-27)19-18-22-12-7-5-8-13-22/h3-17,20-21H,1,18-19H2,2H3/b23-4+. The van der Waals surface area contributed by atoms with Gasteiger partial charge in [0, 0.05) is 0 Å². The molecule has 0 aliphatic heterocycles. The molecule has 0 nitrogen and oxygen atoms in total. The van der Waals surface area contributed by atoms with E-state index in [2.05, 4.69) is 111 Å². The summed E-state index contributed by atoms with van der Waals surface area (Å²) in [6.07, 6.45) is 6.12. The van der Waals surface area contributed by atoms with Gasteiger partial charge >= 0.3 is 0 Å². The van der Waals surface area contributed by atoms with Crippen molar-refractivity contribution in [3.8, 4) is 11.1 Å². The van der Waals surface area contributed by atoms with Crippen LogP contribution in [-0.2, 0) is 12.8 Å². The van der Waals surface area contributed by atoms with Crippen molar-refractivity contribution in [3.05, 3.63) is 126 Å². The largest absolute Gasteiger partial charge is 0.0985 e. The highest BCUT2D eigenvalue weighted by molar-refractivity contribution is 6.01. The fourth-order valence-electron chi connectivity index (χ4n) is 4.07. The van der Waals surface area contributed by atoms with Gasteiger partial charge in [0.25, 0.3) is 0 Å². The maximum absolute atomic E-state index is 4.01. The first-order valence-electron chi connectivity index (χ1n) is 10.2. The summed E-state index contributed by atoms with van der Waals surface area (Å²) in [5.74, 6) is 0. The van der Waals surface area contributed by atoms with Crippen LogP contribution in [0.5, 0.6) is 0 Å². The van der Waals surface area contributed by atoms with Crippen LogP contribution in [0.4, 0.5) is 0 Å². The van der Waals surface area contributed by atoms with Crippen LogP contribution in [0.25, 0.3) is 27.5 Å². The topological polar surface area (TPSA) is 0 Å². The zero-order valence-corrected chi connectivity index (χ0v) is 16.9. The average molecular weight is 375 g/mol. The van der Waals surface area contributed by atoms with E-state index in [0.717, 1.165) is 12.8 Å². The molecule has 0 heteroatoms. The Morgan fingerprint density at radius 1 is 0.793 bits per heavy atom. The fraction of sp³-hybridized carbons (Fsp3) is 0.103. The Bertz CT molecular complexity index is 1150. The van der Waals surface area contributed by atoms with Gasteiger partial charge in [-0.1, -0.05) is 104 Å². The number of fused-ring (bicyclic) bond motifs is 1. The van der Waals surface area contributed by atoms with Gasteiger partial charge in [0.05, 0.1) is 0 Å². The molecule has 4 aromatic rings. The number of hydrogen-bond acceptors (Lipinski definition) is 0. The molecule has 0 radical (unpaired) electrons. The molecule has 0 aliphatic rings. The summed E-state index contributed by atoms with van der Waals surface area (Å²) < 4.78 is 0. The molecule has 0 fully saturated rings. The third-order valence-electron chi connectivity index (χ3n) is 5.53. The number of hydrogen-bond donors (Lipinski definition) is 0. The Morgan fingerprint density at radius 2 is 1.52 bits per heavy atom. The van der Waals surface area contributed by atoms with Crippen LogP contribution < -0.4 is 0 Å². The zero-order valence-electron chi connectivity index (χ0n) is 16.9. The first-order chi connectivity index (χ1) is 14.3. The first-order valence-corrected chi connectivity index (χ1v) is 10.2. The van der Waals surface area contributed by atoms with E-state index in [-0.39, 0.29) is 0 Å². The second-order valence-electron chi connectivity index (χ2n) is 7.34. The molecule has 0 unspecified atom stereocenters. The third-order valence-corrected chi connectivity index (χ3v) is 5.53. The van der Waals surface area contributed by atoms with Crippen LogP contribution in [0.2, 0.25) is 0 Å². The summed E-state index contributed by atoms with van der Waals surface area (Å²) in [7, 11) is 0. The molecular formula is C29H26. The molecule has 0 heterocycles. The lowest BCUT2D eigenvalue weighted by Crippen LogP contribution is -1.96. The van der Waals surface area contributed by atoms with E-state index < -0.39 is 0 Å². The maximum Gasteiger partial charge on any atom is -0.00728 e. The van der Waals surface area contributed by atoms with Gasteiger partial charge in [0.2, 0.25) is 0 Å². The number of aryl methyl sites for hydroxylation is 2. The summed E-state index contributed by atoms with van der Waals surface area (Å²) in [4.78, 5) is 0. The quantitative estimate of drug-likeness (QED) is 0.301. The monoisotopic (exact) mass is 374 g/mol. The van der Waals surface area contributed by atoms with Crippen molar-refractivity contribution < 1.29 is 0 Å². The smallest absolute Gasteiger partial charge is 0.00728 e. The van der Waals surface area contributed by atoms with E-state index in [1.165, 1.54) is 44.2 Å². The second kappa shape index (κ2) is 8.75. The lowest BCUT2D eigenvalue weighted by atomic mass is 9.89. The number of allylic oxidation sites excluding steroid dienone is 3. The Hall–Kier alpha value is -3.38. The van der Waals surface area contributed by atoms with Crippen LogP contribution >= 0.6 is 0 Å². The molecule has 0 amide bonds. The van der Waals surface area contributed by atoms with Crippen LogP contribution in [-0.4, -0.2) is 0 Å². The van der Waals surface area contributed by atoms with Gasteiger partial charge in [-0.3, -0.25) is 0 Å². The van der Waals surface area contributed by atoms with Crippen molar-refractivity contribution in [2.24, 2.45) is 0 Å². The molecule has 142 valence electrons. The summed E-state index contributed by atoms with van der Waals surface area (Å²) in [6, 6.07) is 32.7. The van der Waals surface area contributed by atoms with Crippen molar-refractivity contribution in [2.45, 2.75) is 19.8 Å². The van der Waals surface area contributed by atoms with Gasteiger partial charge in [-0.25, -0.2) is 0 Å². The van der Waals surface area contributed by atoms with Crippen molar-refractivity contribution >= 4 is 16.3 Å². The number of rotatable bonds is 6. The highest BCUT2D eigenvalue weighted by atomic mass is 14.2. The van der Waals surface area contributed by atoms with Crippen molar-refractivity contribution in [1.82, 2.24) is 0 Å². The lowest BCUT2D eigenvalue weighted by molar-refractivity contribution is 0.969. The zero-order chi connectivity index (χ0) is 20.1. The van der Waals surface area contributed by atoms with Gasteiger partial charge < -0.3 is 0 Å². The molecule has 0 saturated carbocycles. The molecule has 4 rings (SSSR count). The molecule has 0 spiro atoms. The van der Waals surface area contributed by atoms with Crippen LogP contribution in [0.3, 0.4) is 0 Å². The van der Waals surface area contributed by atoms with E-state index >= 15 is 0 Å². The van der Waals surface area contributed by atoms with Crippen LogP contribution in [0.15, 0.2) is 110 Å². The molecule has 0 saturated heterocycles. The highest BCUT2D eigenvalue weighted by Crippen LogP contribution is 2.34. The molecule has 0 aromatic heterocycles. The molecule has 0 N–H and O–H groups in total. The molecular weight excluding hydrogens is 348 g/mol. The average Bonchev–Trinajstić information content (AvgIpc) is 2.79. The van der Waals surface area contributed by atoms with E-state index in [1.54, 1.807) is 0 Å². The third kappa shape index (κ3) is 4.07. The van der Waals surface area contributed by atoms with Crippen molar-refractivity contribution in [1.29, 1.82) is 0 Å². The van der Waals surface area contributed by atoms with Crippen LogP contribution in [0.1, 0.15) is 23.6 Å². The number of benzene rings is 4. The lowest BCUT2D eigenvalue weighted by Gasteiger charge is -2.15. The van der Waals surface area contributed by atoms with E-state index in [9.17, 15) is 0 Å². The highest BCUT2D eigenvalue weighted by Gasteiger charge is 2.11. The van der Waals surface area contributed by atoms with E-state index in [0.29, 0.717) is 0 Å². The fourth-order valence-corrected chi connectivity index (χ4v) is 4.07. The molecule has 0 atom stereocenters. The van der Waals surface area contributed by atoms with E-state index in [4.69, 9.17) is 0 Å². The minimum atomic E-state index is 1.01. The molecule has 0 bridgehead atoms. The molecule has 29 heavy (non-hydrogen) atoms. The SMILES string of the molecule is C=C/C(=C\C)c1cc(CCc2ccccc2)c2c(-c3ccccc3)cccc2c1. The predicted molar refractivity (Wildman–Crippen MR) is 127 cm³/mol. The van der Waals surface area contributed by atoms with Gasteiger partial charge in [0.15, 0.2) is 0 Å². The Labute approximate surface area is 173 Å². The normalized spacial score (nSPS) is 11.6.